The standard InChI is InChI=1S/C11H10BrF3N2O/c12-8-3-7(4-16-5-8)10(18)17(9-1-2-9)6-11(13,14)15/h3-5,9H,1-2,6H2. The van der Waals surface area contributed by atoms with Crippen LogP contribution in [0.5, 0.6) is 0 Å². The zero-order valence-electron chi connectivity index (χ0n) is 9.25. The van der Waals surface area contributed by atoms with Gasteiger partial charge in [-0.1, -0.05) is 0 Å². The molecule has 2 rings (SSSR count). The highest BCUT2D eigenvalue weighted by atomic mass is 79.9. The Labute approximate surface area is 110 Å². The highest BCUT2D eigenvalue weighted by molar-refractivity contribution is 9.10. The van der Waals surface area contributed by atoms with Crippen molar-refractivity contribution in [3.63, 3.8) is 0 Å². The van der Waals surface area contributed by atoms with Crippen molar-refractivity contribution in [3.8, 4) is 0 Å². The predicted molar refractivity (Wildman–Crippen MR) is 62.1 cm³/mol. The lowest BCUT2D eigenvalue weighted by atomic mass is 10.2. The number of alkyl halides is 3. The van der Waals surface area contributed by atoms with Crippen LogP contribution in [0.15, 0.2) is 22.9 Å². The summed E-state index contributed by atoms with van der Waals surface area (Å²) in [4.78, 5) is 16.7. The Balaban J connectivity index is 2.18. The van der Waals surface area contributed by atoms with Crippen LogP contribution in [-0.2, 0) is 0 Å². The van der Waals surface area contributed by atoms with Crippen LogP contribution in [0.2, 0.25) is 0 Å². The predicted octanol–water partition coefficient (Wildman–Crippen LogP) is 3.01. The summed E-state index contributed by atoms with van der Waals surface area (Å²) >= 11 is 3.14. The summed E-state index contributed by atoms with van der Waals surface area (Å²) in [5.41, 5.74) is 0.167. The molecule has 1 aromatic rings. The van der Waals surface area contributed by atoms with E-state index in [0.29, 0.717) is 17.3 Å². The summed E-state index contributed by atoms with van der Waals surface area (Å²) in [5.74, 6) is -0.622. The second-order valence-electron chi connectivity index (χ2n) is 4.17. The first-order valence-corrected chi connectivity index (χ1v) is 6.14. The fourth-order valence-corrected chi connectivity index (χ4v) is 2.01. The van der Waals surface area contributed by atoms with E-state index >= 15 is 0 Å². The van der Waals surface area contributed by atoms with E-state index in [1.165, 1.54) is 18.5 Å². The van der Waals surface area contributed by atoms with Crippen molar-refractivity contribution in [1.29, 1.82) is 0 Å². The Bertz CT molecular complexity index is 460. The van der Waals surface area contributed by atoms with Gasteiger partial charge in [0.1, 0.15) is 6.54 Å². The number of nitrogens with zero attached hydrogens (tertiary/aromatic N) is 2. The van der Waals surface area contributed by atoms with Gasteiger partial charge < -0.3 is 4.90 Å². The molecule has 0 unspecified atom stereocenters. The van der Waals surface area contributed by atoms with Gasteiger partial charge in [-0.05, 0) is 34.8 Å². The third-order valence-corrected chi connectivity index (χ3v) is 2.98. The molecule has 0 saturated heterocycles. The van der Waals surface area contributed by atoms with Crippen LogP contribution in [-0.4, -0.2) is 34.6 Å². The Morgan fingerprint density at radius 1 is 1.44 bits per heavy atom. The van der Waals surface area contributed by atoms with Gasteiger partial charge in [0.2, 0.25) is 0 Å². The molecule has 98 valence electrons. The van der Waals surface area contributed by atoms with Crippen LogP contribution in [0.1, 0.15) is 23.2 Å². The number of hydrogen-bond acceptors (Lipinski definition) is 2. The Morgan fingerprint density at radius 3 is 2.61 bits per heavy atom. The number of amides is 1. The molecule has 0 bridgehead atoms. The van der Waals surface area contributed by atoms with Crippen LogP contribution in [0.3, 0.4) is 0 Å². The quantitative estimate of drug-likeness (QED) is 0.857. The molecule has 0 spiro atoms. The molecule has 1 aromatic heterocycles. The highest BCUT2D eigenvalue weighted by Crippen LogP contribution is 2.31. The summed E-state index contributed by atoms with van der Waals surface area (Å²) in [7, 11) is 0. The van der Waals surface area contributed by atoms with Gasteiger partial charge in [-0.25, -0.2) is 0 Å². The molecule has 1 saturated carbocycles. The van der Waals surface area contributed by atoms with Crippen molar-refractivity contribution in [1.82, 2.24) is 9.88 Å². The molecular formula is C11H10BrF3N2O. The molecule has 1 aliphatic rings. The molecule has 3 nitrogen and oxygen atoms in total. The van der Waals surface area contributed by atoms with Gasteiger partial charge in [-0.2, -0.15) is 13.2 Å². The van der Waals surface area contributed by atoms with Crippen molar-refractivity contribution in [2.75, 3.05) is 6.54 Å². The highest BCUT2D eigenvalue weighted by Gasteiger charge is 2.40. The molecule has 1 heterocycles. The zero-order chi connectivity index (χ0) is 13.3. The first-order chi connectivity index (χ1) is 8.37. The minimum atomic E-state index is -4.38. The van der Waals surface area contributed by atoms with Gasteiger partial charge >= 0.3 is 6.18 Å². The van der Waals surface area contributed by atoms with Crippen molar-refractivity contribution < 1.29 is 18.0 Å². The summed E-state index contributed by atoms with van der Waals surface area (Å²) < 4.78 is 37.9. The molecule has 18 heavy (non-hydrogen) atoms. The summed E-state index contributed by atoms with van der Waals surface area (Å²) in [6.07, 6.45) is -0.370. The van der Waals surface area contributed by atoms with E-state index in [1.54, 1.807) is 0 Å². The molecule has 1 aliphatic carbocycles. The lowest BCUT2D eigenvalue weighted by molar-refractivity contribution is -0.141. The number of carbonyl (C=O) groups is 1. The van der Waals surface area contributed by atoms with Gasteiger partial charge in [0.25, 0.3) is 5.91 Å². The molecule has 0 aromatic carbocycles. The summed E-state index contributed by atoms with van der Waals surface area (Å²) in [6.45, 7) is -1.21. The zero-order valence-corrected chi connectivity index (χ0v) is 10.8. The number of rotatable bonds is 3. The van der Waals surface area contributed by atoms with Gasteiger partial charge in [-0.15, -0.1) is 0 Å². The fraction of sp³-hybridized carbons (Fsp3) is 0.455. The maximum Gasteiger partial charge on any atom is 0.406 e. The Kier molecular flexibility index (Phi) is 3.61. The third-order valence-electron chi connectivity index (χ3n) is 2.55. The molecule has 0 N–H and O–H groups in total. The monoisotopic (exact) mass is 322 g/mol. The van der Waals surface area contributed by atoms with Crippen molar-refractivity contribution >= 4 is 21.8 Å². The molecule has 0 aliphatic heterocycles. The van der Waals surface area contributed by atoms with E-state index in [1.807, 2.05) is 0 Å². The smallest absolute Gasteiger partial charge is 0.327 e. The maximum atomic E-state index is 12.4. The lowest BCUT2D eigenvalue weighted by Crippen LogP contribution is -2.40. The van der Waals surface area contributed by atoms with Crippen LogP contribution in [0.4, 0.5) is 13.2 Å². The van der Waals surface area contributed by atoms with Crippen molar-refractivity contribution in [2.24, 2.45) is 0 Å². The van der Waals surface area contributed by atoms with E-state index < -0.39 is 18.6 Å². The average molecular weight is 323 g/mol. The van der Waals surface area contributed by atoms with Crippen LogP contribution < -0.4 is 0 Å². The van der Waals surface area contributed by atoms with Crippen LogP contribution in [0.25, 0.3) is 0 Å². The van der Waals surface area contributed by atoms with E-state index in [2.05, 4.69) is 20.9 Å². The van der Waals surface area contributed by atoms with Gasteiger partial charge in [0.15, 0.2) is 0 Å². The lowest BCUT2D eigenvalue weighted by Gasteiger charge is -2.23. The second-order valence-corrected chi connectivity index (χ2v) is 5.09. The normalized spacial score (nSPS) is 15.6. The van der Waals surface area contributed by atoms with Crippen molar-refractivity contribution in [3.05, 3.63) is 28.5 Å². The first kappa shape index (κ1) is 13.3. The van der Waals surface area contributed by atoms with E-state index in [0.717, 1.165) is 4.90 Å². The summed E-state index contributed by atoms with van der Waals surface area (Å²) in [5, 5.41) is 0. The van der Waals surface area contributed by atoms with Gasteiger partial charge in [0.05, 0.1) is 5.56 Å². The van der Waals surface area contributed by atoms with Crippen molar-refractivity contribution in [2.45, 2.75) is 25.1 Å². The molecule has 1 amide bonds. The number of halogens is 4. The van der Waals surface area contributed by atoms with Crippen LogP contribution in [0, 0.1) is 0 Å². The molecule has 7 heteroatoms. The topological polar surface area (TPSA) is 33.2 Å². The van der Waals surface area contributed by atoms with E-state index in [-0.39, 0.29) is 11.6 Å². The largest absolute Gasteiger partial charge is 0.406 e. The number of aromatic nitrogens is 1. The second kappa shape index (κ2) is 4.87. The maximum absolute atomic E-state index is 12.4. The number of hydrogen-bond donors (Lipinski definition) is 0. The molecule has 1 fully saturated rings. The van der Waals surface area contributed by atoms with E-state index in [4.69, 9.17) is 0 Å². The van der Waals surface area contributed by atoms with Crippen LogP contribution >= 0.6 is 15.9 Å². The minimum absolute atomic E-state index is 0.167. The van der Waals surface area contributed by atoms with E-state index in [9.17, 15) is 18.0 Å². The molecule has 0 radical (unpaired) electrons. The number of carbonyl (C=O) groups excluding carboxylic acids is 1. The van der Waals surface area contributed by atoms with Gasteiger partial charge in [0, 0.05) is 22.9 Å². The summed E-state index contributed by atoms with van der Waals surface area (Å²) in [6, 6.07) is 1.18. The number of pyridine rings is 1. The minimum Gasteiger partial charge on any atom is -0.327 e. The SMILES string of the molecule is O=C(c1cncc(Br)c1)N(CC(F)(F)F)C1CC1. The fourth-order valence-electron chi connectivity index (χ4n) is 1.64. The molecule has 0 atom stereocenters. The first-order valence-electron chi connectivity index (χ1n) is 5.35. The molecular weight excluding hydrogens is 313 g/mol. The average Bonchev–Trinajstić information content (AvgIpc) is 3.07. The Hall–Kier alpha value is -1.11. The third kappa shape index (κ3) is 3.44. The van der Waals surface area contributed by atoms with Gasteiger partial charge in [-0.3, -0.25) is 9.78 Å². The Morgan fingerprint density at radius 2 is 2.11 bits per heavy atom.